The fraction of sp³-hybridized carbons (Fsp3) is 0.294. The Morgan fingerprint density at radius 3 is 2.66 bits per heavy atom. The number of benzene rings is 2. The maximum atomic E-state index is 14.7. The third kappa shape index (κ3) is 5.91. The van der Waals surface area contributed by atoms with Crippen LogP contribution < -0.4 is 5.32 Å². The maximum absolute atomic E-state index is 14.7. The highest BCUT2D eigenvalue weighted by atomic mass is 19.1. The fourth-order valence-corrected chi connectivity index (χ4v) is 5.96. The first-order valence-electron chi connectivity index (χ1n) is 15.2. The van der Waals surface area contributed by atoms with Gasteiger partial charge in [0.1, 0.15) is 11.3 Å². The number of nitrogens with one attached hydrogen (secondary N) is 3. The van der Waals surface area contributed by atoms with E-state index < -0.39 is 0 Å². The van der Waals surface area contributed by atoms with Gasteiger partial charge in [-0.05, 0) is 93.6 Å². The van der Waals surface area contributed by atoms with Crippen molar-refractivity contribution in [3.63, 3.8) is 0 Å². The molecule has 10 heteroatoms. The first-order valence-corrected chi connectivity index (χ1v) is 15.2. The summed E-state index contributed by atoms with van der Waals surface area (Å²) in [4.78, 5) is 22.5. The van der Waals surface area contributed by atoms with Crippen LogP contribution in [0.5, 0.6) is 0 Å². The molecule has 9 nitrogen and oxygen atoms in total. The zero-order chi connectivity index (χ0) is 30.0. The van der Waals surface area contributed by atoms with Crippen molar-refractivity contribution in [1.29, 1.82) is 0 Å². The number of hydrogen-bond donors (Lipinski definition) is 3. The summed E-state index contributed by atoms with van der Waals surface area (Å²) in [5.74, 6) is 0.299. The molecular formula is C34H36FN9. The molecule has 1 saturated heterocycles. The van der Waals surface area contributed by atoms with Gasteiger partial charge in [0.15, 0.2) is 11.5 Å². The number of anilines is 1. The Morgan fingerprint density at radius 2 is 1.80 bits per heavy atom. The minimum atomic E-state index is -0.299. The summed E-state index contributed by atoms with van der Waals surface area (Å²) in [6.07, 6.45) is 7.65. The number of pyridine rings is 2. The third-order valence-electron chi connectivity index (χ3n) is 8.19. The summed E-state index contributed by atoms with van der Waals surface area (Å²) < 4.78 is 14.7. The SMILES string of the molecule is CN(C)CCNc1cc(F)cc(-c2cccc3[nH]c(-c4n[nH]c5ccc(-c6cncc(CN7CCCCC7)c6)nc45)nc23)c1. The summed E-state index contributed by atoms with van der Waals surface area (Å²) in [5.41, 5.74) is 9.09. The summed E-state index contributed by atoms with van der Waals surface area (Å²) in [6.45, 7) is 4.74. The molecule has 4 aromatic heterocycles. The largest absolute Gasteiger partial charge is 0.384 e. The van der Waals surface area contributed by atoms with E-state index in [1.54, 1.807) is 6.07 Å². The molecule has 1 aliphatic rings. The summed E-state index contributed by atoms with van der Waals surface area (Å²) >= 11 is 0. The van der Waals surface area contributed by atoms with E-state index in [1.165, 1.54) is 30.9 Å². The molecule has 0 radical (unpaired) electrons. The maximum Gasteiger partial charge on any atom is 0.161 e. The van der Waals surface area contributed by atoms with Crippen LogP contribution in [-0.2, 0) is 6.54 Å². The Balaban J connectivity index is 1.21. The number of imidazole rings is 1. The average molecular weight is 590 g/mol. The second kappa shape index (κ2) is 12.1. The van der Waals surface area contributed by atoms with Crippen LogP contribution >= 0.6 is 0 Å². The lowest BCUT2D eigenvalue weighted by Gasteiger charge is -2.26. The molecule has 0 spiro atoms. The molecule has 0 aliphatic carbocycles. The van der Waals surface area contributed by atoms with Gasteiger partial charge in [-0.25, -0.2) is 14.4 Å². The molecule has 0 atom stereocenters. The lowest BCUT2D eigenvalue weighted by atomic mass is 10.0. The molecule has 2 aromatic carbocycles. The lowest BCUT2D eigenvalue weighted by Crippen LogP contribution is -2.29. The predicted octanol–water partition coefficient (Wildman–Crippen LogP) is 6.33. The van der Waals surface area contributed by atoms with Crippen molar-refractivity contribution < 1.29 is 4.39 Å². The van der Waals surface area contributed by atoms with Crippen molar-refractivity contribution in [2.24, 2.45) is 0 Å². The van der Waals surface area contributed by atoms with Gasteiger partial charge < -0.3 is 15.2 Å². The molecule has 44 heavy (non-hydrogen) atoms. The van der Waals surface area contributed by atoms with Gasteiger partial charge in [-0.2, -0.15) is 5.10 Å². The number of aromatic amines is 2. The number of halogens is 1. The number of aromatic nitrogens is 6. The molecule has 224 valence electrons. The van der Waals surface area contributed by atoms with E-state index in [2.05, 4.69) is 41.3 Å². The first-order chi connectivity index (χ1) is 21.5. The molecule has 0 amide bonds. The van der Waals surface area contributed by atoms with Crippen LogP contribution in [0.15, 0.2) is 67.0 Å². The van der Waals surface area contributed by atoms with E-state index in [0.29, 0.717) is 18.1 Å². The topological polar surface area (TPSA) is 102 Å². The Morgan fingerprint density at radius 1 is 0.909 bits per heavy atom. The highest BCUT2D eigenvalue weighted by Gasteiger charge is 2.18. The number of likely N-dealkylation sites (tertiary alicyclic amines) is 1. The van der Waals surface area contributed by atoms with E-state index in [-0.39, 0.29) is 5.82 Å². The number of nitrogens with zero attached hydrogens (tertiary/aromatic N) is 6. The molecule has 1 aliphatic heterocycles. The highest BCUT2D eigenvalue weighted by Crippen LogP contribution is 2.33. The lowest BCUT2D eigenvalue weighted by molar-refractivity contribution is 0.220. The van der Waals surface area contributed by atoms with Crippen LogP contribution in [0.1, 0.15) is 24.8 Å². The van der Waals surface area contributed by atoms with E-state index in [9.17, 15) is 4.39 Å². The van der Waals surface area contributed by atoms with Gasteiger partial charge in [-0.15, -0.1) is 0 Å². The molecule has 1 fully saturated rings. The number of likely N-dealkylation sites (N-methyl/N-ethyl adjacent to an activating group) is 1. The average Bonchev–Trinajstić information content (AvgIpc) is 3.65. The van der Waals surface area contributed by atoms with E-state index in [1.807, 2.05) is 62.9 Å². The number of H-pyrrole nitrogens is 2. The summed E-state index contributed by atoms with van der Waals surface area (Å²) in [6, 6.07) is 17.1. The van der Waals surface area contributed by atoms with Crippen LogP contribution in [-0.4, -0.2) is 80.2 Å². The van der Waals surface area contributed by atoms with Crippen LogP contribution in [0.25, 0.3) is 56.0 Å². The van der Waals surface area contributed by atoms with Crippen molar-refractivity contribution in [2.75, 3.05) is 45.6 Å². The van der Waals surface area contributed by atoms with Gasteiger partial charge in [0.2, 0.25) is 0 Å². The fourth-order valence-electron chi connectivity index (χ4n) is 5.96. The first kappa shape index (κ1) is 28.1. The van der Waals surface area contributed by atoms with Crippen molar-refractivity contribution in [3.8, 4) is 33.9 Å². The standard InChI is InChI=1S/C34H36FN9/c1-43(2)14-11-37-26-17-23(16-25(35)18-26)27-7-6-8-29-31(27)40-34(39-29)33-32-30(41-42-33)10-9-28(38-32)24-15-22(19-36-20-24)21-44-12-4-3-5-13-44/h6-10,15-20,37H,3-5,11-14,21H2,1-2H3,(H,39,40)(H,41,42). The van der Waals surface area contributed by atoms with Gasteiger partial charge in [0.25, 0.3) is 0 Å². The van der Waals surface area contributed by atoms with E-state index >= 15 is 0 Å². The van der Waals surface area contributed by atoms with Gasteiger partial charge in [0, 0.05) is 48.8 Å². The summed E-state index contributed by atoms with van der Waals surface area (Å²) in [5, 5.41) is 11.0. The molecular weight excluding hydrogens is 553 g/mol. The number of hydrogen-bond acceptors (Lipinski definition) is 7. The molecule has 0 unspecified atom stereocenters. The highest BCUT2D eigenvalue weighted by molar-refractivity contribution is 5.96. The third-order valence-corrected chi connectivity index (χ3v) is 8.19. The van der Waals surface area contributed by atoms with E-state index in [4.69, 9.17) is 9.97 Å². The van der Waals surface area contributed by atoms with Crippen molar-refractivity contribution in [1.82, 2.24) is 39.9 Å². The predicted molar refractivity (Wildman–Crippen MR) is 174 cm³/mol. The van der Waals surface area contributed by atoms with Gasteiger partial charge in [-0.1, -0.05) is 18.6 Å². The van der Waals surface area contributed by atoms with Crippen molar-refractivity contribution in [3.05, 3.63) is 78.4 Å². The van der Waals surface area contributed by atoms with Crippen LogP contribution in [0.4, 0.5) is 10.1 Å². The second-order valence-electron chi connectivity index (χ2n) is 11.8. The number of fused-ring (bicyclic) bond motifs is 2. The van der Waals surface area contributed by atoms with Gasteiger partial charge in [-0.3, -0.25) is 15.0 Å². The summed E-state index contributed by atoms with van der Waals surface area (Å²) in [7, 11) is 4.03. The second-order valence-corrected chi connectivity index (χ2v) is 11.8. The van der Waals surface area contributed by atoms with E-state index in [0.717, 1.165) is 76.3 Å². The van der Waals surface area contributed by atoms with Crippen LogP contribution in [0.2, 0.25) is 0 Å². The van der Waals surface area contributed by atoms with Crippen molar-refractivity contribution in [2.45, 2.75) is 25.8 Å². The minimum Gasteiger partial charge on any atom is -0.384 e. The molecule has 5 heterocycles. The van der Waals surface area contributed by atoms with Crippen LogP contribution in [0, 0.1) is 5.82 Å². The molecule has 0 bridgehead atoms. The number of para-hydroxylation sites is 1. The van der Waals surface area contributed by atoms with Gasteiger partial charge >= 0.3 is 0 Å². The molecule has 7 rings (SSSR count). The van der Waals surface area contributed by atoms with Crippen molar-refractivity contribution >= 4 is 27.8 Å². The minimum absolute atomic E-state index is 0.299. The zero-order valence-electron chi connectivity index (χ0n) is 25.1. The Bertz CT molecular complexity index is 1920. The smallest absolute Gasteiger partial charge is 0.161 e. The number of piperidine rings is 1. The Kier molecular flexibility index (Phi) is 7.76. The normalized spacial score (nSPS) is 14.2. The molecule has 3 N–H and O–H groups in total. The Hall–Kier alpha value is -4.67. The Labute approximate surface area is 255 Å². The quantitative estimate of drug-likeness (QED) is 0.181. The van der Waals surface area contributed by atoms with Gasteiger partial charge in [0.05, 0.1) is 22.2 Å². The zero-order valence-corrected chi connectivity index (χ0v) is 25.1. The number of rotatable bonds is 9. The van der Waals surface area contributed by atoms with Crippen LogP contribution in [0.3, 0.4) is 0 Å². The molecule has 0 saturated carbocycles. The molecule has 6 aromatic rings. The monoisotopic (exact) mass is 589 g/mol.